The van der Waals surface area contributed by atoms with Gasteiger partial charge in [0.2, 0.25) is 0 Å². The van der Waals surface area contributed by atoms with Crippen LogP contribution >= 0.6 is 11.3 Å². The van der Waals surface area contributed by atoms with Crippen molar-refractivity contribution in [3.05, 3.63) is 45.1 Å². The highest BCUT2D eigenvalue weighted by molar-refractivity contribution is 7.18. The van der Waals surface area contributed by atoms with E-state index in [1.54, 1.807) is 11.3 Å². The Morgan fingerprint density at radius 3 is 2.81 bits per heavy atom. The molecule has 4 rings (SSSR count). The van der Waals surface area contributed by atoms with Crippen LogP contribution in [0.1, 0.15) is 23.8 Å². The van der Waals surface area contributed by atoms with Gasteiger partial charge in [0.25, 0.3) is 5.56 Å². The van der Waals surface area contributed by atoms with Gasteiger partial charge in [0.15, 0.2) is 5.82 Å². The lowest BCUT2D eigenvalue weighted by atomic mass is 10.1. The Morgan fingerprint density at radius 1 is 1.31 bits per heavy atom. The van der Waals surface area contributed by atoms with Gasteiger partial charge in [0.05, 0.1) is 12.0 Å². The van der Waals surface area contributed by atoms with E-state index in [9.17, 15) is 4.79 Å². The lowest BCUT2D eigenvalue weighted by molar-refractivity contribution is 0.317. The third-order valence-corrected chi connectivity index (χ3v) is 5.79. The lowest BCUT2D eigenvalue weighted by Gasteiger charge is -2.21. The van der Waals surface area contributed by atoms with E-state index in [4.69, 9.17) is 15.6 Å². The van der Waals surface area contributed by atoms with Crippen molar-refractivity contribution in [2.45, 2.75) is 26.3 Å². The average molecular weight is 370 g/mol. The van der Waals surface area contributed by atoms with Crippen LogP contribution in [0.15, 0.2) is 29.1 Å². The highest BCUT2D eigenvalue weighted by atomic mass is 32.1. The Bertz CT molecular complexity index is 1010. The zero-order chi connectivity index (χ0) is 18.3. The van der Waals surface area contributed by atoms with Crippen molar-refractivity contribution in [1.29, 1.82) is 0 Å². The molecule has 3 aromatic rings. The highest BCUT2D eigenvalue weighted by Crippen LogP contribution is 2.33. The van der Waals surface area contributed by atoms with Gasteiger partial charge in [-0.2, -0.15) is 0 Å². The number of fused-ring (bicyclic) bond motifs is 3. The molecular weight excluding hydrogens is 348 g/mol. The number of benzene rings is 1. The van der Waals surface area contributed by atoms with E-state index in [1.165, 1.54) is 9.55 Å². The fourth-order valence-electron chi connectivity index (χ4n) is 3.31. The molecule has 0 amide bonds. The molecule has 26 heavy (non-hydrogen) atoms. The third-order valence-electron chi connectivity index (χ3n) is 4.68. The van der Waals surface area contributed by atoms with Crippen LogP contribution < -0.4 is 16.1 Å². The fourth-order valence-corrected chi connectivity index (χ4v) is 4.60. The zero-order valence-corrected chi connectivity index (χ0v) is 15.8. The third kappa shape index (κ3) is 2.87. The first kappa shape index (κ1) is 17.1. The van der Waals surface area contributed by atoms with Crippen molar-refractivity contribution in [3.63, 3.8) is 0 Å². The van der Waals surface area contributed by atoms with Crippen LogP contribution in [0.5, 0.6) is 5.75 Å². The van der Waals surface area contributed by atoms with Gasteiger partial charge in [0.1, 0.15) is 10.6 Å². The van der Waals surface area contributed by atoms with Crippen molar-refractivity contribution in [3.8, 4) is 17.1 Å². The summed E-state index contributed by atoms with van der Waals surface area (Å²) in [6, 6.07) is 7.55. The van der Waals surface area contributed by atoms with E-state index in [1.807, 2.05) is 24.3 Å². The van der Waals surface area contributed by atoms with Crippen LogP contribution in [0.4, 0.5) is 0 Å². The largest absolute Gasteiger partial charge is 0.494 e. The van der Waals surface area contributed by atoms with Crippen LogP contribution in [-0.2, 0) is 13.0 Å². The predicted molar refractivity (Wildman–Crippen MR) is 105 cm³/mol. The molecule has 136 valence electrons. The number of rotatable bonds is 4. The molecule has 0 atom stereocenters. The number of thiophene rings is 1. The van der Waals surface area contributed by atoms with Crippen molar-refractivity contribution >= 4 is 21.6 Å². The second kappa shape index (κ2) is 6.74. The molecule has 6 nitrogen and oxygen atoms in total. The maximum absolute atomic E-state index is 12.9. The van der Waals surface area contributed by atoms with E-state index in [0.29, 0.717) is 17.8 Å². The second-order valence-corrected chi connectivity index (χ2v) is 7.74. The Hall–Kier alpha value is -2.38. The summed E-state index contributed by atoms with van der Waals surface area (Å²) in [6.45, 7) is 4.56. The molecule has 2 aromatic heterocycles. The van der Waals surface area contributed by atoms with Gasteiger partial charge in [-0.15, -0.1) is 11.3 Å². The van der Waals surface area contributed by atoms with Gasteiger partial charge in [-0.1, -0.05) is 6.92 Å². The number of nitrogens with two attached hydrogens (primary N) is 1. The summed E-state index contributed by atoms with van der Waals surface area (Å²) in [5, 5.41) is 0.687. The topological polar surface area (TPSA) is 73.4 Å². The van der Waals surface area contributed by atoms with E-state index < -0.39 is 0 Å². The number of aromatic nitrogens is 2. The molecule has 0 saturated heterocycles. The quantitative estimate of drug-likeness (QED) is 0.715. The molecule has 1 aromatic carbocycles. The summed E-state index contributed by atoms with van der Waals surface area (Å²) >= 11 is 1.60. The van der Waals surface area contributed by atoms with Crippen LogP contribution in [0.3, 0.4) is 0 Å². The maximum atomic E-state index is 12.9. The fraction of sp³-hybridized carbons (Fsp3) is 0.368. The number of ether oxygens (including phenoxy) is 1. The molecule has 0 spiro atoms. The molecule has 7 heteroatoms. The highest BCUT2D eigenvalue weighted by Gasteiger charge is 2.23. The summed E-state index contributed by atoms with van der Waals surface area (Å²) in [6.07, 6.45) is 1.83. The van der Waals surface area contributed by atoms with Gasteiger partial charge in [-0.05, 0) is 49.7 Å². The first-order valence-electron chi connectivity index (χ1n) is 8.82. The minimum Gasteiger partial charge on any atom is -0.494 e. The second-order valence-electron chi connectivity index (χ2n) is 6.66. The monoisotopic (exact) mass is 370 g/mol. The molecular formula is C19H22N4O2S. The van der Waals surface area contributed by atoms with Crippen LogP contribution in [0.25, 0.3) is 21.6 Å². The maximum Gasteiger partial charge on any atom is 0.281 e. The summed E-state index contributed by atoms with van der Waals surface area (Å²) in [5.41, 5.74) is 1.76. The molecule has 0 radical (unpaired) electrons. The van der Waals surface area contributed by atoms with Crippen molar-refractivity contribution in [2.24, 2.45) is 0 Å². The summed E-state index contributed by atoms with van der Waals surface area (Å²) in [5.74, 6) is 7.41. The van der Waals surface area contributed by atoms with E-state index in [-0.39, 0.29) is 5.56 Å². The molecule has 3 heterocycles. The first-order valence-corrected chi connectivity index (χ1v) is 9.64. The lowest BCUT2D eigenvalue weighted by Crippen LogP contribution is -2.31. The van der Waals surface area contributed by atoms with Crippen molar-refractivity contribution < 1.29 is 4.74 Å². The van der Waals surface area contributed by atoms with Gasteiger partial charge in [-0.3, -0.25) is 4.79 Å². The SMILES string of the molecule is CCCOc1ccc(-c2nc3sc4c(c3c(=O)n2N)CCN(C)C4)cc1. The van der Waals surface area contributed by atoms with Gasteiger partial charge >= 0.3 is 0 Å². The summed E-state index contributed by atoms with van der Waals surface area (Å²) < 4.78 is 6.79. The number of nitrogen functional groups attached to an aromatic ring is 1. The summed E-state index contributed by atoms with van der Waals surface area (Å²) in [4.78, 5) is 21.9. The molecule has 1 aliphatic rings. The molecule has 0 saturated carbocycles. The zero-order valence-electron chi connectivity index (χ0n) is 15.0. The molecule has 0 fully saturated rings. The minimum absolute atomic E-state index is 0.168. The molecule has 0 aliphatic carbocycles. The van der Waals surface area contributed by atoms with E-state index in [2.05, 4.69) is 18.9 Å². The standard InChI is InChI=1S/C19H22N4O2S/c1-3-10-25-13-6-4-12(5-7-13)17-21-18-16(19(24)23(17)20)14-8-9-22(2)11-15(14)26-18/h4-7H,3,8-11,20H2,1-2H3. The Labute approximate surface area is 155 Å². The summed E-state index contributed by atoms with van der Waals surface area (Å²) in [7, 11) is 2.09. The van der Waals surface area contributed by atoms with E-state index in [0.717, 1.165) is 47.6 Å². The molecule has 2 N–H and O–H groups in total. The Morgan fingerprint density at radius 2 is 2.08 bits per heavy atom. The molecule has 0 unspecified atom stereocenters. The van der Waals surface area contributed by atoms with Gasteiger partial charge < -0.3 is 15.5 Å². The average Bonchev–Trinajstić information content (AvgIpc) is 3.01. The van der Waals surface area contributed by atoms with Crippen LogP contribution in [0.2, 0.25) is 0 Å². The molecule has 1 aliphatic heterocycles. The predicted octanol–water partition coefficient (Wildman–Crippen LogP) is 2.62. The van der Waals surface area contributed by atoms with Crippen LogP contribution in [-0.4, -0.2) is 34.8 Å². The first-order chi connectivity index (χ1) is 12.6. The number of hydrogen-bond donors (Lipinski definition) is 1. The van der Waals surface area contributed by atoms with Crippen LogP contribution in [0, 0.1) is 0 Å². The number of nitrogens with zero attached hydrogens (tertiary/aromatic N) is 3. The van der Waals surface area contributed by atoms with Gasteiger partial charge in [0, 0.05) is 23.5 Å². The smallest absolute Gasteiger partial charge is 0.281 e. The molecule has 0 bridgehead atoms. The Kier molecular flexibility index (Phi) is 4.42. The van der Waals surface area contributed by atoms with Crippen molar-refractivity contribution in [1.82, 2.24) is 14.6 Å². The van der Waals surface area contributed by atoms with Gasteiger partial charge in [-0.25, -0.2) is 9.66 Å². The Balaban J connectivity index is 1.79. The number of hydrogen-bond acceptors (Lipinski definition) is 6. The van der Waals surface area contributed by atoms with Crippen molar-refractivity contribution in [2.75, 3.05) is 26.0 Å². The number of likely N-dealkylation sites (N-methyl/N-ethyl adjacent to an activating group) is 1. The normalized spacial score (nSPS) is 14.5. The minimum atomic E-state index is -0.168. The van der Waals surface area contributed by atoms with E-state index >= 15 is 0 Å².